The summed E-state index contributed by atoms with van der Waals surface area (Å²) in [5, 5.41) is 0. The number of hydrogen-bond acceptors (Lipinski definition) is 4. The molecule has 2 heterocycles. The topological polar surface area (TPSA) is 57.7 Å². The molecule has 0 bridgehead atoms. The molecule has 2 aliphatic heterocycles. The molecular formula is C20H30N2O3S. The number of amides is 1. The number of hydrogen-bond donors (Lipinski definition) is 0. The van der Waals surface area contributed by atoms with Crippen LogP contribution in [-0.4, -0.2) is 62.6 Å². The second kappa shape index (κ2) is 8.53. The van der Waals surface area contributed by atoms with Crippen LogP contribution in [0, 0.1) is 11.8 Å². The average Bonchev–Trinajstić information content (AvgIpc) is 2.67. The van der Waals surface area contributed by atoms with Gasteiger partial charge in [0, 0.05) is 25.6 Å². The first kappa shape index (κ1) is 19.4. The molecule has 26 heavy (non-hydrogen) atoms. The van der Waals surface area contributed by atoms with Crippen LogP contribution < -0.4 is 0 Å². The van der Waals surface area contributed by atoms with E-state index < -0.39 is 9.84 Å². The van der Waals surface area contributed by atoms with Crippen molar-refractivity contribution in [2.45, 2.75) is 37.5 Å². The Morgan fingerprint density at radius 2 is 1.77 bits per heavy atom. The van der Waals surface area contributed by atoms with Gasteiger partial charge in [0.05, 0.1) is 10.6 Å². The molecule has 2 aliphatic rings. The van der Waals surface area contributed by atoms with Gasteiger partial charge in [0.2, 0.25) is 5.91 Å². The van der Waals surface area contributed by atoms with Crippen LogP contribution >= 0.6 is 0 Å². The van der Waals surface area contributed by atoms with Gasteiger partial charge >= 0.3 is 0 Å². The molecule has 0 N–H and O–H groups in total. The molecule has 1 aromatic carbocycles. The SMILES string of the molecule is C[C@H]1CCCN(C(=O)C2CCN(CCS(=O)(=O)c3ccccc3)CC2)C1. The van der Waals surface area contributed by atoms with Gasteiger partial charge in [-0.05, 0) is 56.8 Å². The number of sulfone groups is 1. The third kappa shape index (κ3) is 4.86. The molecule has 2 saturated heterocycles. The molecule has 6 heteroatoms. The van der Waals surface area contributed by atoms with E-state index in [0.717, 1.165) is 45.4 Å². The predicted molar refractivity (Wildman–Crippen MR) is 103 cm³/mol. The van der Waals surface area contributed by atoms with Crippen LogP contribution in [-0.2, 0) is 14.6 Å². The molecule has 0 spiro atoms. The Kier molecular flexibility index (Phi) is 6.35. The van der Waals surface area contributed by atoms with Gasteiger partial charge in [0.1, 0.15) is 0 Å². The number of nitrogens with zero attached hydrogens (tertiary/aromatic N) is 2. The number of benzene rings is 1. The first-order valence-corrected chi connectivity index (χ1v) is 11.4. The summed E-state index contributed by atoms with van der Waals surface area (Å²) in [7, 11) is -3.23. The van der Waals surface area contributed by atoms with Gasteiger partial charge in [0.15, 0.2) is 9.84 Å². The highest BCUT2D eigenvalue weighted by Gasteiger charge is 2.30. The van der Waals surface area contributed by atoms with Crippen LogP contribution in [0.25, 0.3) is 0 Å². The second-order valence-corrected chi connectivity index (χ2v) is 9.89. The van der Waals surface area contributed by atoms with E-state index in [1.165, 1.54) is 6.42 Å². The lowest BCUT2D eigenvalue weighted by Gasteiger charge is -2.37. The van der Waals surface area contributed by atoms with Crippen LogP contribution in [0.1, 0.15) is 32.6 Å². The Balaban J connectivity index is 1.46. The quantitative estimate of drug-likeness (QED) is 0.790. The van der Waals surface area contributed by atoms with Crippen LogP contribution in [0.4, 0.5) is 0 Å². The lowest BCUT2D eigenvalue weighted by atomic mass is 9.93. The Bertz CT molecular complexity index is 697. The van der Waals surface area contributed by atoms with Crippen molar-refractivity contribution in [3.05, 3.63) is 30.3 Å². The summed E-state index contributed by atoms with van der Waals surface area (Å²) in [5.41, 5.74) is 0. The average molecular weight is 379 g/mol. The maximum Gasteiger partial charge on any atom is 0.225 e. The maximum atomic E-state index is 12.7. The first-order valence-electron chi connectivity index (χ1n) is 9.74. The van der Waals surface area contributed by atoms with Gasteiger partial charge in [-0.25, -0.2) is 8.42 Å². The van der Waals surface area contributed by atoms with E-state index in [1.54, 1.807) is 24.3 Å². The zero-order chi connectivity index (χ0) is 18.6. The van der Waals surface area contributed by atoms with E-state index >= 15 is 0 Å². The number of likely N-dealkylation sites (tertiary alicyclic amines) is 2. The highest BCUT2D eigenvalue weighted by atomic mass is 32.2. The normalized spacial score (nSPS) is 23.1. The fourth-order valence-electron chi connectivity index (χ4n) is 4.05. The van der Waals surface area contributed by atoms with Gasteiger partial charge < -0.3 is 9.80 Å². The summed E-state index contributed by atoms with van der Waals surface area (Å²) in [5.74, 6) is 1.17. The second-order valence-electron chi connectivity index (χ2n) is 7.78. The number of rotatable bonds is 5. The van der Waals surface area contributed by atoms with Crippen molar-refractivity contribution in [3.63, 3.8) is 0 Å². The molecule has 5 nitrogen and oxygen atoms in total. The number of carbonyl (C=O) groups excluding carboxylic acids is 1. The summed E-state index contributed by atoms with van der Waals surface area (Å²) in [4.78, 5) is 17.3. The summed E-state index contributed by atoms with van der Waals surface area (Å²) < 4.78 is 24.8. The minimum absolute atomic E-state index is 0.113. The van der Waals surface area contributed by atoms with Gasteiger partial charge in [0.25, 0.3) is 0 Å². The molecule has 1 amide bonds. The van der Waals surface area contributed by atoms with Gasteiger partial charge in [-0.15, -0.1) is 0 Å². The van der Waals surface area contributed by atoms with E-state index in [2.05, 4.69) is 11.8 Å². The Morgan fingerprint density at radius 3 is 2.42 bits per heavy atom. The summed E-state index contributed by atoms with van der Waals surface area (Å²) >= 11 is 0. The third-order valence-corrected chi connectivity index (χ3v) is 7.39. The van der Waals surface area contributed by atoms with Crippen molar-refractivity contribution in [1.29, 1.82) is 0 Å². The van der Waals surface area contributed by atoms with Crippen molar-refractivity contribution < 1.29 is 13.2 Å². The van der Waals surface area contributed by atoms with Crippen molar-refractivity contribution >= 4 is 15.7 Å². The molecule has 2 fully saturated rings. The molecule has 3 rings (SSSR count). The summed E-state index contributed by atoms with van der Waals surface area (Å²) in [6, 6.07) is 8.64. The molecule has 0 saturated carbocycles. The Hall–Kier alpha value is -1.40. The first-order chi connectivity index (χ1) is 12.5. The van der Waals surface area contributed by atoms with Crippen molar-refractivity contribution in [2.75, 3.05) is 38.5 Å². The zero-order valence-corrected chi connectivity index (χ0v) is 16.5. The van der Waals surface area contributed by atoms with E-state index in [-0.39, 0.29) is 11.7 Å². The molecular weight excluding hydrogens is 348 g/mol. The smallest absolute Gasteiger partial charge is 0.225 e. The highest BCUT2D eigenvalue weighted by molar-refractivity contribution is 7.91. The van der Waals surface area contributed by atoms with E-state index in [9.17, 15) is 13.2 Å². The fraction of sp³-hybridized carbons (Fsp3) is 0.650. The highest BCUT2D eigenvalue weighted by Crippen LogP contribution is 2.23. The third-order valence-electron chi connectivity index (χ3n) is 5.68. The van der Waals surface area contributed by atoms with Gasteiger partial charge in [-0.2, -0.15) is 0 Å². The molecule has 0 aliphatic carbocycles. The molecule has 0 radical (unpaired) electrons. The standard InChI is InChI=1S/C20H30N2O3S/c1-17-6-5-11-22(16-17)20(23)18-9-12-21(13-10-18)14-15-26(24,25)19-7-3-2-4-8-19/h2-4,7-8,17-18H,5-6,9-16H2,1H3/t17-/m0/s1. The van der Waals surface area contributed by atoms with Gasteiger partial charge in [-0.3, -0.25) is 4.79 Å². The monoisotopic (exact) mass is 378 g/mol. The Labute approximate surface area is 157 Å². The van der Waals surface area contributed by atoms with Crippen LogP contribution in [0.3, 0.4) is 0 Å². The van der Waals surface area contributed by atoms with Crippen LogP contribution in [0.15, 0.2) is 35.2 Å². The molecule has 0 aromatic heterocycles. The minimum Gasteiger partial charge on any atom is -0.342 e. The number of piperidine rings is 2. The molecule has 1 atom stereocenters. The van der Waals surface area contributed by atoms with Gasteiger partial charge in [-0.1, -0.05) is 25.1 Å². The molecule has 144 valence electrons. The maximum absolute atomic E-state index is 12.7. The Morgan fingerprint density at radius 1 is 1.08 bits per heavy atom. The fourth-order valence-corrected chi connectivity index (χ4v) is 5.35. The van der Waals surface area contributed by atoms with Crippen LogP contribution in [0.2, 0.25) is 0 Å². The largest absolute Gasteiger partial charge is 0.342 e. The number of carbonyl (C=O) groups is 1. The van der Waals surface area contributed by atoms with Crippen LogP contribution in [0.5, 0.6) is 0 Å². The lowest BCUT2D eigenvalue weighted by Crippen LogP contribution is -2.46. The minimum atomic E-state index is -3.23. The van der Waals surface area contributed by atoms with E-state index in [0.29, 0.717) is 23.3 Å². The zero-order valence-electron chi connectivity index (χ0n) is 15.6. The van der Waals surface area contributed by atoms with Crippen molar-refractivity contribution in [1.82, 2.24) is 9.80 Å². The predicted octanol–water partition coefficient (Wildman–Crippen LogP) is 2.43. The summed E-state index contributed by atoms with van der Waals surface area (Å²) in [6.07, 6.45) is 4.02. The van der Waals surface area contributed by atoms with Crippen molar-refractivity contribution in [2.24, 2.45) is 11.8 Å². The lowest BCUT2D eigenvalue weighted by molar-refractivity contribution is -0.138. The molecule has 0 unspecified atom stereocenters. The summed E-state index contributed by atoms with van der Waals surface area (Å²) in [6.45, 7) is 6.18. The molecule has 1 aromatic rings. The van der Waals surface area contributed by atoms with E-state index in [4.69, 9.17) is 0 Å². The van der Waals surface area contributed by atoms with Crippen molar-refractivity contribution in [3.8, 4) is 0 Å². The van der Waals surface area contributed by atoms with E-state index in [1.807, 2.05) is 11.0 Å².